The second-order valence-corrected chi connectivity index (χ2v) is 5.14. The van der Waals surface area contributed by atoms with Gasteiger partial charge in [0, 0.05) is 9.50 Å². The third-order valence-electron chi connectivity index (χ3n) is 2.64. The fourth-order valence-corrected chi connectivity index (χ4v) is 2.36. The summed E-state index contributed by atoms with van der Waals surface area (Å²) in [5, 5.41) is 0.602. The molecule has 0 bridgehead atoms. The third kappa shape index (κ3) is 2.90. The first-order valence-corrected chi connectivity index (χ1v) is 6.45. The van der Waals surface area contributed by atoms with E-state index in [4.69, 9.17) is 17.4 Å². The minimum absolute atomic E-state index is 0.282. The van der Waals surface area contributed by atoms with Crippen LogP contribution in [0, 0.1) is 5.82 Å². The average Bonchev–Trinajstić information content (AvgIpc) is 2.37. The molecule has 0 saturated heterocycles. The maximum Gasteiger partial charge on any atom is 0.123 e. The molecule has 0 saturated carbocycles. The van der Waals surface area contributed by atoms with Crippen molar-refractivity contribution < 1.29 is 4.39 Å². The molecule has 5 heteroatoms. The molecular weight excluding hydrogens is 319 g/mol. The van der Waals surface area contributed by atoms with Gasteiger partial charge in [-0.05, 0) is 41.5 Å². The molecule has 2 aromatic carbocycles. The maximum atomic E-state index is 12.9. The number of nitrogens with one attached hydrogen (secondary N) is 1. The first-order valence-electron chi connectivity index (χ1n) is 5.28. The first kappa shape index (κ1) is 13.5. The summed E-state index contributed by atoms with van der Waals surface area (Å²) in [4.78, 5) is 0. The Morgan fingerprint density at radius 2 is 1.83 bits per heavy atom. The van der Waals surface area contributed by atoms with Gasteiger partial charge in [0.05, 0.1) is 6.04 Å². The predicted octanol–water partition coefficient (Wildman–Crippen LogP) is 3.79. The lowest BCUT2D eigenvalue weighted by atomic mass is 9.99. The molecule has 2 rings (SSSR count). The normalized spacial score (nSPS) is 12.4. The van der Waals surface area contributed by atoms with Gasteiger partial charge in [-0.2, -0.15) is 0 Å². The maximum absolute atomic E-state index is 12.9. The van der Waals surface area contributed by atoms with Crippen LogP contribution in [0.5, 0.6) is 0 Å². The van der Waals surface area contributed by atoms with E-state index in [1.807, 2.05) is 12.1 Å². The number of nitrogens with two attached hydrogens (primary N) is 1. The topological polar surface area (TPSA) is 38.0 Å². The summed E-state index contributed by atoms with van der Waals surface area (Å²) in [5.74, 6) is 5.29. The lowest BCUT2D eigenvalue weighted by Gasteiger charge is -2.18. The molecule has 2 aromatic rings. The molecule has 0 aliphatic carbocycles. The quantitative estimate of drug-likeness (QED) is 0.664. The van der Waals surface area contributed by atoms with Gasteiger partial charge in [-0.1, -0.05) is 39.7 Å². The van der Waals surface area contributed by atoms with Crippen LogP contribution in [-0.2, 0) is 0 Å². The van der Waals surface area contributed by atoms with E-state index in [1.54, 1.807) is 18.2 Å². The Kier molecular flexibility index (Phi) is 4.35. The Bertz CT molecular complexity index is 545. The molecule has 0 spiro atoms. The summed E-state index contributed by atoms with van der Waals surface area (Å²) in [5.41, 5.74) is 4.37. The number of benzene rings is 2. The molecule has 0 radical (unpaired) electrons. The molecular formula is C13H11BrClFN2. The molecule has 3 N–H and O–H groups in total. The number of rotatable bonds is 3. The largest absolute Gasteiger partial charge is 0.271 e. The lowest BCUT2D eigenvalue weighted by molar-refractivity contribution is 0.615. The molecule has 0 amide bonds. The zero-order chi connectivity index (χ0) is 13.1. The Morgan fingerprint density at radius 1 is 1.17 bits per heavy atom. The van der Waals surface area contributed by atoms with Gasteiger partial charge in [0.15, 0.2) is 0 Å². The van der Waals surface area contributed by atoms with Crippen LogP contribution < -0.4 is 11.3 Å². The predicted molar refractivity (Wildman–Crippen MR) is 74.7 cm³/mol. The van der Waals surface area contributed by atoms with Crippen LogP contribution in [0.3, 0.4) is 0 Å². The molecule has 1 atom stereocenters. The first-order chi connectivity index (χ1) is 8.61. The minimum Gasteiger partial charge on any atom is -0.271 e. The van der Waals surface area contributed by atoms with Crippen LogP contribution in [0.25, 0.3) is 0 Å². The van der Waals surface area contributed by atoms with Gasteiger partial charge in [-0.3, -0.25) is 5.84 Å². The highest BCUT2D eigenvalue weighted by molar-refractivity contribution is 9.10. The van der Waals surface area contributed by atoms with E-state index < -0.39 is 0 Å². The molecule has 0 aliphatic rings. The van der Waals surface area contributed by atoms with Crippen molar-refractivity contribution in [3.63, 3.8) is 0 Å². The SMILES string of the molecule is NNC(c1ccc(F)cc1)c1cc(Br)ccc1Cl. The number of hydrogen-bond acceptors (Lipinski definition) is 2. The number of halogens is 3. The van der Waals surface area contributed by atoms with Gasteiger partial charge in [-0.25, -0.2) is 9.82 Å². The van der Waals surface area contributed by atoms with Crippen molar-refractivity contribution in [2.75, 3.05) is 0 Å². The molecule has 2 nitrogen and oxygen atoms in total. The molecule has 1 unspecified atom stereocenters. The number of hydrazine groups is 1. The molecule has 0 aliphatic heterocycles. The summed E-state index contributed by atoms with van der Waals surface area (Å²) >= 11 is 9.55. The summed E-state index contributed by atoms with van der Waals surface area (Å²) in [7, 11) is 0. The summed E-state index contributed by atoms with van der Waals surface area (Å²) in [6.45, 7) is 0. The summed E-state index contributed by atoms with van der Waals surface area (Å²) < 4.78 is 13.8. The van der Waals surface area contributed by atoms with Crippen molar-refractivity contribution in [3.8, 4) is 0 Å². The summed E-state index contributed by atoms with van der Waals surface area (Å²) in [6.07, 6.45) is 0. The lowest BCUT2D eigenvalue weighted by Crippen LogP contribution is -2.29. The zero-order valence-corrected chi connectivity index (χ0v) is 11.7. The van der Waals surface area contributed by atoms with Crippen LogP contribution in [0.2, 0.25) is 5.02 Å². The van der Waals surface area contributed by atoms with Crippen molar-refractivity contribution in [1.82, 2.24) is 5.43 Å². The van der Waals surface area contributed by atoms with Crippen molar-refractivity contribution in [2.45, 2.75) is 6.04 Å². The van der Waals surface area contributed by atoms with Crippen LogP contribution >= 0.6 is 27.5 Å². The monoisotopic (exact) mass is 328 g/mol. The van der Waals surface area contributed by atoms with Crippen molar-refractivity contribution in [1.29, 1.82) is 0 Å². The van der Waals surface area contributed by atoms with E-state index in [0.717, 1.165) is 15.6 Å². The van der Waals surface area contributed by atoms with Gasteiger partial charge < -0.3 is 0 Å². The molecule has 94 valence electrons. The van der Waals surface area contributed by atoms with Gasteiger partial charge in [0.2, 0.25) is 0 Å². The third-order valence-corrected chi connectivity index (χ3v) is 3.48. The Morgan fingerprint density at radius 3 is 2.44 bits per heavy atom. The van der Waals surface area contributed by atoms with E-state index in [2.05, 4.69) is 21.4 Å². The molecule has 0 heterocycles. The summed E-state index contributed by atoms with van der Waals surface area (Å²) in [6, 6.07) is 11.4. The van der Waals surface area contributed by atoms with Crippen LogP contribution in [0.1, 0.15) is 17.2 Å². The van der Waals surface area contributed by atoms with Crippen LogP contribution in [0.4, 0.5) is 4.39 Å². The molecule has 18 heavy (non-hydrogen) atoms. The fraction of sp³-hybridized carbons (Fsp3) is 0.0769. The van der Waals surface area contributed by atoms with Gasteiger partial charge >= 0.3 is 0 Å². The molecule has 0 fully saturated rings. The second-order valence-electron chi connectivity index (χ2n) is 3.82. The minimum atomic E-state index is -0.283. The Hall–Kier alpha value is -0.940. The highest BCUT2D eigenvalue weighted by Crippen LogP contribution is 2.30. The fourth-order valence-electron chi connectivity index (χ4n) is 1.76. The second kappa shape index (κ2) is 5.80. The average molecular weight is 330 g/mol. The van der Waals surface area contributed by atoms with E-state index in [-0.39, 0.29) is 11.9 Å². The van der Waals surface area contributed by atoms with Crippen LogP contribution in [-0.4, -0.2) is 0 Å². The van der Waals surface area contributed by atoms with Crippen LogP contribution in [0.15, 0.2) is 46.9 Å². The van der Waals surface area contributed by atoms with E-state index >= 15 is 0 Å². The zero-order valence-electron chi connectivity index (χ0n) is 9.33. The number of hydrogen-bond donors (Lipinski definition) is 2. The Balaban J connectivity index is 2.44. The van der Waals surface area contributed by atoms with Crippen molar-refractivity contribution in [2.24, 2.45) is 5.84 Å². The van der Waals surface area contributed by atoms with Gasteiger partial charge in [-0.15, -0.1) is 0 Å². The van der Waals surface area contributed by atoms with Crippen molar-refractivity contribution >= 4 is 27.5 Å². The highest BCUT2D eigenvalue weighted by atomic mass is 79.9. The molecule has 0 aromatic heterocycles. The highest BCUT2D eigenvalue weighted by Gasteiger charge is 2.15. The smallest absolute Gasteiger partial charge is 0.123 e. The van der Waals surface area contributed by atoms with Gasteiger partial charge in [0.1, 0.15) is 5.82 Å². The van der Waals surface area contributed by atoms with Crippen molar-refractivity contribution in [3.05, 3.63) is 68.9 Å². The Labute approximate surface area is 118 Å². The van der Waals surface area contributed by atoms with E-state index in [9.17, 15) is 4.39 Å². The standard InChI is InChI=1S/C13H11BrClFN2/c14-9-3-6-12(15)11(7-9)13(18-17)8-1-4-10(16)5-2-8/h1-7,13,18H,17H2. The van der Waals surface area contributed by atoms with E-state index in [1.165, 1.54) is 12.1 Å². The van der Waals surface area contributed by atoms with Gasteiger partial charge in [0.25, 0.3) is 0 Å². The van der Waals surface area contributed by atoms with E-state index in [0.29, 0.717) is 5.02 Å².